The van der Waals surface area contributed by atoms with Crippen LogP contribution in [0, 0.1) is 0 Å². The fourth-order valence-electron chi connectivity index (χ4n) is 5.34. The van der Waals surface area contributed by atoms with Gasteiger partial charge in [-0.2, -0.15) is 0 Å². The minimum Gasteiger partial charge on any atom is -0.399 e. The highest BCUT2D eigenvalue weighted by Gasteiger charge is 2.53. The Kier molecular flexibility index (Phi) is 5.05. The van der Waals surface area contributed by atoms with E-state index in [9.17, 15) is 0 Å². The summed E-state index contributed by atoms with van der Waals surface area (Å²) in [5.74, 6) is 0. The lowest BCUT2D eigenvalue weighted by Crippen LogP contribution is -2.41. The van der Waals surface area contributed by atoms with Gasteiger partial charge in [-0.3, -0.25) is 0 Å². The minimum atomic E-state index is -0.439. The van der Waals surface area contributed by atoms with Crippen molar-refractivity contribution in [3.63, 3.8) is 0 Å². The molecule has 6 heteroatoms. The van der Waals surface area contributed by atoms with E-state index in [2.05, 4.69) is 116 Å². The average molecular weight is 480 g/mol. The maximum absolute atomic E-state index is 6.51. The van der Waals surface area contributed by atoms with Crippen LogP contribution in [-0.4, -0.2) is 36.6 Å². The van der Waals surface area contributed by atoms with Crippen molar-refractivity contribution in [2.45, 2.75) is 77.8 Å². The van der Waals surface area contributed by atoms with E-state index in [4.69, 9.17) is 18.6 Å². The first-order valence-corrected chi connectivity index (χ1v) is 12.9. The molecule has 6 rings (SSSR count). The number of rotatable bonds is 2. The SMILES string of the molecule is CC1(C)OB(c2cc3c4ccccc4c(B4OC(C)(C)C(C)(C)O4)cc3c3ccccc23)OC1(C)C. The molecule has 0 aliphatic carbocycles. The van der Waals surface area contributed by atoms with E-state index in [-0.39, 0.29) is 0 Å². The molecule has 0 bridgehead atoms. The highest BCUT2D eigenvalue weighted by Crippen LogP contribution is 2.40. The van der Waals surface area contributed by atoms with Gasteiger partial charge in [-0.15, -0.1) is 0 Å². The summed E-state index contributed by atoms with van der Waals surface area (Å²) in [6.45, 7) is 16.8. The summed E-state index contributed by atoms with van der Waals surface area (Å²) in [4.78, 5) is 0. The smallest absolute Gasteiger partial charge is 0.399 e. The highest BCUT2D eigenvalue weighted by molar-refractivity contribution is 6.67. The molecule has 2 saturated heterocycles. The second-order valence-corrected chi connectivity index (χ2v) is 12.3. The number of fused-ring (bicyclic) bond motifs is 5. The monoisotopic (exact) mass is 480 g/mol. The molecule has 0 aromatic heterocycles. The van der Waals surface area contributed by atoms with Crippen molar-refractivity contribution in [2.75, 3.05) is 0 Å². The van der Waals surface area contributed by atoms with Gasteiger partial charge in [0.2, 0.25) is 0 Å². The van der Waals surface area contributed by atoms with Gasteiger partial charge in [0.15, 0.2) is 0 Å². The van der Waals surface area contributed by atoms with Crippen molar-refractivity contribution in [2.24, 2.45) is 0 Å². The van der Waals surface area contributed by atoms with Crippen LogP contribution in [0.5, 0.6) is 0 Å². The van der Waals surface area contributed by atoms with Crippen molar-refractivity contribution >= 4 is 57.5 Å². The van der Waals surface area contributed by atoms with Gasteiger partial charge >= 0.3 is 14.2 Å². The largest absolute Gasteiger partial charge is 0.495 e. The molecule has 2 heterocycles. The average Bonchev–Trinajstić information content (AvgIpc) is 3.17. The highest BCUT2D eigenvalue weighted by atomic mass is 16.7. The van der Waals surface area contributed by atoms with E-state index in [1.165, 1.54) is 21.5 Å². The van der Waals surface area contributed by atoms with Gasteiger partial charge in [0.25, 0.3) is 0 Å². The molecule has 2 aliphatic rings. The molecule has 4 aromatic carbocycles. The molecule has 4 aromatic rings. The first-order valence-electron chi connectivity index (χ1n) is 12.9. The van der Waals surface area contributed by atoms with E-state index in [0.717, 1.165) is 21.7 Å². The Balaban J connectivity index is 1.63. The fourth-order valence-corrected chi connectivity index (χ4v) is 5.34. The zero-order valence-electron chi connectivity index (χ0n) is 22.6. The van der Waals surface area contributed by atoms with Crippen LogP contribution in [0.1, 0.15) is 55.4 Å². The van der Waals surface area contributed by atoms with Crippen LogP contribution in [0.25, 0.3) is 32.3 Å². The second-order valence-electron chi connectivity index (χ2n) is 12.3. The molecule has 0 saturated carbocycles. The van der Waals surface area contributed by atoms with Crippen LogP contribution in [-0.2, 0) is 18.6 Å². The van der Waals surface area contributed by atoms with Crippen molar-refractivity contribution in [3.05, 3.63) is 60.7 Å². The fraction of sp³-hybridized carbons (Fsp3) is 0.400. The maximum atomic E-state index is 6.51. The normalized spacial score (nSPS) is 22.2. The molecule has 0 unspecified atom stereocenters. The van der Waals surface area contributed by atoms with Gasteiger partial charge in [0, 0.05) is 0 Å². The third-order valence-electron chi connectivity index (χ3n) is 8.96. The van der Waals surface area contributed by atoms with Crippen molar-refractivity contribution < 1.29 is 18.6 Å². The van der Waals surface area contributed by atoms with Gasteiger partial charge < -0.3 is 18.6 Å². The van der Waals surface area contributed by atoms with Gasteiger partial charge in [-0.25, -0.2) is 0 Å². The van der Waals surface area contributed by atoms with Crippen LogP contribution >= 0.6 is 0 Å². The summed E-state index contributed by atoms with van der Waals surface area (Å²) in [5.41, 5.74) is 0.496. The van der Waals surface area contributed by atoms with Gasteiger partial charge in [0.1, 0.15) is 0 Å². The Bertz CT molecular complexity index is 1380. The molecular formula is C30H34B2O4. The molecule has 36 heavy (non-hydrogen) atoms. The zero-order chi connectivity index (χ0) is 25.7. The Morgan fingerprint density at radius 1 is 0.417 bits per heavy atom. The number of hydrogen-bond acceptors (Lipinski definition) is 4. The summed E-state index contributed by atoms with van der Waals surface area (Å²) in [5, 5.41) is 6.97. The molecule has 0 radical (unpaired) electrons. The quantitative estimate of drug-likeness (QED) is 0.271. The predicted octanol–water partition coefficient (Wildman–Crippen LogP) is 5.74. The third-order valence-corrected chi connectivity index (χ3v) is 8.96. The summed E-state index contributed by atoms with van der Waals surface area (Å²) in [7, 11) is -0.878. The van der Waals surface area contributed by atoms with Gasteiger partial charge in [-0.1, -0.05) is 60.7 Å². The molecule has 0 atom stereocenters. The number of benzene rings is 4. The van der Waals surface area contributed by atoms with Crippen LogP contribution < -0.4 is 10.9 Å². The molecule has 4 nitrogen and oxygen atoms in total. The lowest BCUT2D eigenvalue weighted by molar-refractivity contribution is 0.00578. The topological polar surface area (TPSA) is 36.9 Å². The van der Waals surface area contributed by atoms with Crippen LogP contribution in [0.4, 0.5) is 0 Å². The van der Waals surface area contributed by atoms with E-state index in [1.54, 1.807) is 0 Å². The third kappa shape index (κ3) is 3.39. The van der Waals surface area contributed by atoms with Crippen LogP contribution in [0.3, 0.4) is 0 Å². The van der Waals surface area contributed by atoms with Gasteiger partial charge in [0.05, 0.1) is 22.4 Å². The Hall–Kier alpha value is -2.37. The number of hydrogen-bond donors (Lipinski definition) is 0. The minimum absolute atomic E-state index is 0.406. The molecule has 0 spiro atoms. The van der Waals surface area contributed by atoms with Crippen molar-refractivity contribution in [1.29, 1.82) is 0 Å². The molecule has 0 N–H and O–H groups in total. The summed E-state index contributed by atoms with van der Waals surface area (Å²) < 4.78 is 26.0. The Labute approximate surface area is 214 Å². The summed E-state index contributed by atoms with van der Waals surface area (Å²) in [6.07, 6.45) is 0. The second kappa shape index (κ2) is 7.58. The first-order chi connectivity index (χ1) is 16.8. The standard InChI is InChI=1S/C30H34B2O4/c1-27(2)28(3,4)34-31(33-27)25-17-23-20-14-10-12-16-22(20)26(32-35-29(5,6)30(7,8)36-32)18-24(23)19-13-9-11-15-21(19)25/h9-18H,1-8H3. The predicted molar refractivity (Wildman–Crippen MR) is 150 cm³/mol. The maximum Gasteiger partial charge on any atom is 0.495 e. The molecule has 184 valence electrons. The van der Waals surface area contributed by atoms with E-state index >= 15 is 0 Å². The summed E-state index contributed by atoms with van der Waals surface area (Å²) >= 11 is 0. The van der Waals surface area contributed by atoms with Crippen molar-refractivity contribution in [1.82, 2.24) is 0 Å². The zero-order valence-corrected chi connectivity index (χ0v) is 22.6. The molecule has 2 fully saturated rings. The van der Waals surface area contributed by atoms with Crippen LogP contribution in [0.2, 0.25) is 0 Å². The Morgan fingerprint density at radius 3 is 1.00 bits per heavy atom. The van der Waals surface area contributed by atoms with Gasteiger partial charge in [-0.05, 0) is 98.6 Å². The first kappa shape index (κ1) is 24.0. The molecule has 2 aliphatic heterocycles. The molecule has 0 amide bonds. The lowest BCUT2D eigenvalue weighted by atomic mass is 9.71. The van der Waals surface area contributed by atoms with E-state index in [0.29, 0.717) is 0 Å². The molecular weight excluding hydrogens is 446 g/mol. The van der Waals surface area contributed by atoms with Crippen LogP contribution in [0.15, 0.2) is 60.7 Å². The Morgan fingerprint density at radius 2 is 0.694 bits per heavy atom. The lowest BCUT2D eigenvalue weighted by Gasteiger charge is -2.32. The summed E-state index contributed by atoms with van der Waals surface area (Å²) in [6, 6.07) is 21.6. The van der Waals surface area contributed by atoms with Crippen molar-refractivity contribution in [3.8, 4) is 0 Å². The van der Waals surface area contributed by atoms with E-state index < -0.39 is 36.6 Å². The van der Waals surface area contributed by atoms with E-state index in [1.807, 2.05) is 0 Å².